The second-order valence-corrected chi connectivity index (χ2v) is 4.75. The highest BCUT2D eigenvalue weighted by atomic mass is 32.2. The third-order valence-electron chi connectivity index (χ3n) is 2.27. The first kappa shape index (κ1) is 14.4. The van der Waals surface area contributed by atoms with Crippen molar-refractivity contribution in [1.82, 2.24) is 5.32 Å². The predicted octanol–water partition coefficient (Wildman–Crippen LogP) is 0.810. The van der Waals surface area contributed by atoms with Crippen molar-refractivity contribution in [3.63, 3.8) is 0 Å². The van der Waals surface area contributed by atoms with Gasteiger partial charge in [-0.3, -0.25) is 9.59 Å². The van der Waals surface area contributed by atoms with Gasteiger partial charge in [-0.25, -0.2) is 0 Å². The van der Waals surface area contributed by atoms with Crippen molar-refractivity contribution < 1.29 is 9.59 Å². The van der Waals surface area contributed by atoms with Gasteiger partial charge in [0.2, 0.25) is 11.8 Å². The largest absolute Gasteiger partial charge is 0.373 e. The Morgan fingerprint density at radius 2 is 2.06 bits per heavy atom. The molecule has 0 aromatic heterocycles. The molecule has 98 valence electrons. The van der Waals surface area contributed by atoms with Gasteiger partial charge >= 0.3 is 0 Å². The fourth-order valence-corrected chi connectivity index (χ4v) is 2.13. The molecule has 1 rings (SSSR count). The number of nitrogens with two attached hydrogens (primary N) is 1. The number of likely N-dealkylation sites (N-methyl/N-ethyl adjacent to an activating group) is 1. The molecule has 2 amide bonds. The van der Waals surface area contributed by atoms with Crippen LogP contribution in [0.4, 0.5) is 5.69 Å². The molecule has 0 spiro atoms. The van der Waals surface area contributed by atoms with Gasteiger partial charge in [-0.2, -0.15) is 0 Å². The van der Waals surface area contributed by atoms with E-state index in [0.29, 0.717) is 0 Å². The number of benzene rings is 1. The highest BCUT2D eigenvalue weighted by molar-refractivity contribution is 8.00. The lowest BCUT2D eigenvalue weighted by Crippen LogP contribution is -2.35. The van der Waals surface area contributed by atoms with Gasteiger partial charge in [-0.1, -0.05) is 12.1 Å². The van der Waals surface area contributed by atoms with Crippen LogP contribution in [-0.4, -0.2) is 30.7 Å². The Balaban J connectivity index is 2.75. The van der Waals surface area contributed by atoms with Gasteiger partial charge in [0.05, 0.1) is 5.75 Å². The lowest BCUT2D eigenvalue weighted by atomic mass is 10.2. The summed E-state index contributed by atoms with van der Waals surface area (Å²) in [5.74, 6) is -0.244. The molecule has 0 saturated heterocycles. The number of hydrogen-bond donors (Lipinski definition) is 3. The van der Waals surface area contributed by atoms with E-state index < -0.39 is 0 Å². The number of para-hydroxylation sites is 1. The fourth-order valence-electron chi connectivity index (χ4n) is 1.38. The van der Waals surface area contributed by atoms with Crippen LogP contribution in [0.5, 0.6) is 0 Å². The smallest absolute Gasteiger partial charge is 0.241 e. The molecule has 0 heterocycles. The lowest BCUT2D eigenvalue weighted by molar-refractivity contribution is -0.121. The van der Waals surface area contributed by atoms with E-state index >= 15 is 0 Å². The zero-order chi connectivity index (χ0) is 13.5. The van der Waals surface area contributed by atoms with E-state index in [-0.39, 0.29) is 23.6 Å². The first-order chi connectivity index (χ1) is 8.54. The molecule has 1 aromatic rings. The Hall–Kier alpha value is -1.69. The number of amides is 2. The molecule has 0 unspecified atom stereocenters. The van der Waals surface area contributed by atoms with E-state index in [9.17, 15) is 9.59 Å². The quantitative estimate of drug-likeness (QED) is 0.666. The molecule has 18 heavy (non-hydrogen) atoms. The molecule has 0 aliphatic heterocycles. The topological polar surface area (TPSA) is 84.2 Å². The van der Waals surface area contributed by atoms with Gasteiger partial charge in [0.1, 0.15) is 6.04 Å². The third kappa shape index (κ3) is 4.29. The minimum atomic E-state index is -0.367. The van der Waals surface area contributed by atoms with Gasteiger partial charge in [0.25, 0.3) is 0 Å². The van der Waals surface area contributed by atoms with E-state index in [1.165, 1.54) is 11.8 Å². The summed E-state index contributed by atoms with van der Waals surface area (Å²) in [5.41, 5.74) is 5.94. The molecular weight excluding hydrogens is 250 g/mol. The van der Waals surface area contributed by atoms with Crippen molar-refractivity contribution in [2.75, 3.05) is 18.1 Å². The van der Waals surface area contributed by atoms with Crippen LogP contribution in [0.25, 0.3) is 0 Å². The zero-order valence-electron chi connectivity index (χ0n) is 10.4. The number of rotatable bonds is 6. The lowest BCUT2D eigenvalue weighted by Gasteiger charge is -2.16. The van der Waals surface area contributed by atoms with E-state index in [4.69, 9.17) is 5.73 Å². The second kappa shape index (κ2) is 6.90. The summed E-state index contributed by atoms with van der Waals surface area (Å²) in [4.78, 5) is 23.1. The SMILES string of the molecule is CNC(=O)[C@@H](C)Nc1ccccc1SCC(N)=O. The zero-order valence-corrected chi connectivity index (χ0v) is 11.2. The van der Waals surface area contributed by atoms with Crippen LogP contribution in [0.2, 0.25) is 0 Å². The number of thioether (sulfide) groups is 1. The Morgan fingerprint density at radius 3 is 2.67 bits per heavy atom. The van der Waals surface area contributed by atoms with E-state index in [1.54, 1.807) is 14.0 Å². The van der Waals surface area contributed by atoms with Crippen LogP contribution < -0.4 is 16.4 Å². The van der Waals surface area contributed by atoms with E-state index in [1.807, 2.05) is 24.3 Å². The standard InChI is InChI=1S/C12H17N3O2S/c1-8(12(17)14-2)15-9-5-3-4-6-10(9)18-7-11(13)16/h3-6,8,15H,7H2,1-2H3,(H2,13,16)(H,14,17)/t8-/m1/s1. The molecule has 6 heteroatoms. The van der Waals surface area contributed by atoms with Crippen molar-refractivity contribution in [2.45, 2.75) is 17.9 Å². The number of primary amides is 1. The number of carbonyl (C=O) groups excluding carboxylic acids is 2. The normalized spacial score (nSPS) is 11.7. The van der Waals surface area contributed by atoms with Crippen molar-refractivity contribution in [1.29, 1.82) is 0 Å². The Morgan fingerprint density at radius 1 is 1.39 bits per heavy atom. The van der Waals surface area contributed by atoms with Crippen LogP contribution >= 0.6 is 11.8 Å². The minimum Gasteiger partial charge on any atom is -0.373 e. The monoisotopic (exact) mass is 267 g/mol. The van der Waals surface area contributed by atoms with Gasteiger partial charge in [-0.15, -0.1) is 11.8 Å². The molecule has 1 aromatic carbocycles. The summed E-state index contributed by atoms with van der Waals surface area (Å²) in [6.45, 7) is 1.77. The predicted molar refractivity (Wildman–Crippen MR) is 73.5 cm³/mol. The van der Waals surface area contributed by atoms with Gasteiger partial charge in [0.15, 0.2) is 0 Å². The highest BCUT2D eigenvalue weighted by Crippen LogP contribution is 2.27. The molecule has 0 saturated carbocycles. The van der Waals surface area contributed by atoms with Gasteiger partial charge < -0.3 is 16.4 Å². The number of hydrogen-bond acceptors (Lipinski definition) is 4. The maximum atomic E-state index is 11.4. The summed E-state index contributed by atoms with van der Waals surface area (Å²) >= 11 is 1.35. The second-order valence-electron chi connectivity index (χ2n) is 3.73. The van der Waals surface area contributed by atoms with Gasteiger partial charge in [-0.05, 0) is 19.1 Å². The highest BCUT2D eigenvalue weighted by Gasteiger charge is 2.12. The van der Waals surface area contributed by atoms with Gasteiger partial charge in [0, 0.05) is 17.6 Å². The van der Waals surface area contributed by atoms with Crippen molar-refractivity contribution >= 4 is 29.3 Å². The first-order valence-electron chi connectivity index (χ1n) is 5.53. The number of anilines is 1. The molecule has 0 radical (unpaired) electrons. The van der Waals surface area contributed by atoms with Crippen LogP contribution in [0, 0.1) is 0 Å². The Kier molecular flexibility index (Phi) is 5.51. The Labute approximate surface area is 111 Å². The van der Waals surface area contributed by atoms with Crippen LogP contribution in [0.3, 0.4) is 0 Å². The maximum absolute atomic E-state index is 11.4. The summed E-state index contributed by atoms with van der Waals surface area (Å²) in [5, 5.41) is 5.67. The Bertz CT molecular complexity index is 437. The summed E-state index contributed by atoms with van der Waals surface area (Å²) in [6, 6.07) is 7.15. The fraction of sp³-hybridized carbons (Fsp3) is 0.333. The molecule has 4 N–H and O–H groups in total. The first-order valence-corrected chi connectivity index (χ1v) is 6.51. The molecule has 0 fully saturated rings. The van der Waals surface area contributed by atoms with E-state index in [2.05, 4.69) is 10.6 Å². The van der Waals surface area contributed by atoms with Crippen molar-refractivity contribution in [3.05, 3.63) is 24.3 Å². The number of nitrogens with one attached hydrogen (secondary N) is 2. The average molecular weight is 267 g/mol. The number of carbonyl (C=O) groups is 2. The molecule has 0 aliphatic rings. The average Bonchev–Trinajstić information content (AvgIpc) is 2.36. The molecule has 0 bridgehead atoms. The molecule has 1 atom stereocenters. The van der Waals surface area contributed by atoms with E-state index in [0.717, 1.165) is 10.6 Å². The minimum absolute atomic E-state index is 0.0929. The molecule has 5 nitrogen and oxygen atoms in total. The maximum Gasteiger partial charge on any atom is 0.241 e. The van der Waals surface area contributed by atoms with Crippen LogP contribution in [0.1, 0.15) is 6.92 Å². The van der Waals surface area contributed by atoms with Crippen LogP contribution in [-0.2, 0) is 9.59 Å². The summed E-state index contributed by atoms with van der Waals surface area (Å²) in [6.07, 6.45) is 0. The molecular formula is C12H17N3O2S. The third-order valence-corrected chi connectivity index (χ3v) is 3.36. The summed E-state index contributed by atoms with van der Waals surface area (Å²) < 4.78 is 0. The van der Waals surface area contributed by atoms with Crippen molar-refractivity contribution in [3.8, 4) is 0 Å². The van der Waals surface area contributed by atoms with Crippen LogP contribution in [0.15, 0.2) is 29.2 Å². The summed E-state index contributed by atoms with van der Waals surface area (Å²) in [7, 11) is 1.59. The van der Waals surface area contributed by atoms with Crippen molar-refractivity contribution in [2.24, 2.45) is 5.73 Å². The molecule has 0 aliphatic carbocycles.